The van der Waals surface area contributed by atoms with Crippen molar-refractivity contribution in [1.82, 2.24) is 0 Å². The summed E-state index contributed by atoms with van der Waals surface area (Å²) in [5.41, 5.74) is 1.53. The van der Waals surface area contributed by atoms with Crippen molar-refractivity contribution in [1.29, 1.82) is 0 Å². The number of methoxy groups -OCH3 is 2. The van der Waals surface area contributed by atoms with Crippen molar-refractivity contribution in [3.05, 3.63) is 76.4 Å². The quantitative estimate of drug-likeness (QED) is 0.806. The summed E-state index contributed by atoms with van der Waals surface area (Å²) >= 11 is 1.21. The first-order valence-corrected chi connectivity index (χ1v) is 8.64. The minimum atomic E-state index is -0.631. The molecule has 2 aromatic carbocycles. The Kier molecular flexibility index (Phi) is 5.43. The highest BCUT2D eigenvalue weighted by Crippen LogP contribution is 2.40. The van der Waals surface area contributed by atoms with Gasteiger partial charge in [-0.2, -0.15) is 0 Å². The molecule has 0 fully saturated rings. The van der Waals surface area contributed by atoms with Crippen LogP contribution in [0, 0.1) is 0 Å². The Morgan fingerprint density at radius 2 is 1.77 bits per heavy atom. The number of benzene rings is 2. The summed E-state index contributed by atoms with van der Waals surface area (Å²) in [6.07, 6.45) is 1.76. The Bertz CT molecular complexity index is 916. The molecular weight excluding hydrogens is 350 g/mol. The Labute approximate surface area is 155 Å². The normalized spacial score (nSPS) is 17.0. The number of esters is 1. The number of aliphatic hydroxyl groups excluding tert-OH is 1. The van der Waals surface area contributed by atoms with E-state index in [9.17, 15) is 9.90 Å². The van der Waals surface area contributed by atoms with Crippen molar-refractivity contribution in [2.24, 2.45) is 4.99 Å². The second-order valence-corrected chi connectivity index (χ2v) is 6.35. The molecule has 6 heteroatoms. The first-order valence-electron chi connectivity index (χ1n) is 7.82. The molecule has 0 bridgehead atoms. The molecule has 2 aromatic rings. The van der Waals surface area contributed by atoms with Crippen LogP contribution in [-0.2, 0) is 9.53 Å². The first kappa shape index (κ1) is 17.8. The smallest absolute Gasteiger partial charge is 0.344 e. The number of rotatable bonds is 4. The van der Waals surface area contributed by atoms with Gasteiger partial charge in [0.05, 0.1) is 24.8 Å². The molecule has 0 saturated heterocycles. The van der Waals surface area contributed by atoms with Crippen LogP contribution in [0.25, 0.3) is 6.08 Å². The standard InChI is InChI=1S/C20H17NO4S/c1-24-15-11-7-6-8-13(15)12-16-18(22)17(20(23)25-2)19(26-16)21-14-9-4-3-5-10-14/h3-12,22H,1-2H3/b16-12+,21-19?. The number of hydrogen-bond donors (Lipinski definition) is 1. The van der Waals surface area contributed by atoms with E-state index in [0.717, 1.165) is 5.56 Å². The molecule has 0 radical (unpaired) electrons. The number of carbonyl (C=O) groups excluding carboxylic acids is 1. The fourth-order valence-electron chi connectivity index (χ4n) is 2.44. The zero-order valence-electron chi connectivity index (χ0n) is 14.3. The van der Waals surface area contributed by atoms with Crippen LogP contribution in [-0.4, -0.2) is 30.3 Å². The number of hydrogen-bond acceptors (Lipinski definition) is 6. The largest absolute Gasteiger partial charge is 0.506 e. The maximum absolute atomic E-state index is 12.2. The molecule has 1 N–H and O–H groups in total. The lowest BCUT2D eigenvalue weighted by Gasteiger charge is -2.05. The molecule has 0 spiro atoms. The van der Waals surface area contributed by atoms with E-state index in [0.29, 0.717) is 21.4 Å². The molecule has 132 valence electrons. The van der Waals surface area contributed by atoms with Gasteiger partial charge in [-0.3, -0.25) is 0 Å². The predicted molar refractivity (Wildman–Crippen MR) is 104 cm³/mol. The van der Waals surface area contributed by atoms with Crippen LogP contribution in [0.3, 0.4) is 0 Å². The monoisotopic (exact) mass is 367 g/mol. The molecular formula is C20H17NO4S. The molecule has 0 aliphatic carbocycles. The van der Waals surface area contributed by atoms with Crippen molar-refractivity contribution < 1.29 is 19.4 Å². The number of carbonyl (C=O) groups is 1. The van der Waals surface area contributed by atoms with Crippen LogP contribution < -0.4 is 4.74 Å². The molecule has 1 heterocycles. The number of aliphatic imine (C=N–C) groups is 1. The van der Waals surface area contributed by atoms with Crippen molar-refractivity contribution in [2.45, 2.75) is 0 Å². The third-order valence-corrected chi connectivity index (χ3v) is 4.71. The van der Waals surface area contributed by atoms with Gasteiger partial charge in [0.1, 0.15) is 22.1 Å². The summed E-state index contributed by atoms with van der Waals surface area (Å²) in [5.74, 6) is -0.114. The minimum absolute atomic E-state index is 0.0579. The fourth-order valence-corrected chi connectivity index (χ4v) is 3.46. The summed E-state index contributed by atoms with van der Waals surface area (Å²) in [7, 11) is 2.85. The molecule has 0 aromatic heterocycles. The van der Waals surface area contributed by atoms with E-state index in [1.807, 2.05) is 54.6 Å². The fraction of sp³-hybridized carbons (Fsp3) is 0.100. The minimum Gasteiger partial charge on any atom is -0.506 e. The highest BCUT2D eigenvalue weighted by molar-refractivity contribution is 8.18. The summed E-state index contributed by atoms with van der Waals surface area (Å²) in [6, 6.07) is 16.7. The van der Waals surface area contributed by atoms with Crippen molar-refractivity contribution in [3.8, 4) is 5.75 Å². The molecule has 1 aliphatic rings. The number of para-hydroxylation sites is 2. The van der Waals surface area contributed by atoms with Crippen molar-refractivity contribution in [3.63, 3.8) is 0 Å². The van der Waals surface area contributed by atoms with Crippen LogP contribution in [0.15, 0.2) is 75.8 Å². The second-order valence-electron chi connectivity index (χ2n) is 5.32. The van der Waals surface area contributed by atoms with Gasteiger partial charge in [0, 0.05) is 5.56 Å². The number of ether oxygens (including phenoxy) is 2. The van der Waals surface area contributed by atoms with Gasteiger partial charge in [-0.15, -0.1) is 0 Å². The summed E-state index contributed by atoms with van der Waals surface area (Å²) < 4.78 is 10.1. The Morgan fingerprint density at radius 1 is 1.08 bits per heavy atom. The van der Waals surface area contributed by atoms with Gasteiger partial charge < -0.3 is 14.6 Å². The Balaban J connectivity index is 2.07. The Hall–Kier alpha value is -2.99. The molecule has 0 unspecified atom stereocenters. The van der Waals surface area contributed by atoms with E-state index in [1.54, 1.807) is 13.2 Å². The summed E-state index contributed by atoms with van der Waals surface area (Å²) in [5, 5.41) is 11.0. The van der Waals surface area contributed by atoms with Gasteiger partial charge in [0.2, 0.25) is 0 Å². The number of thioether (sulfide) groups is 1. The van der Waals surface area contributed by atoms with Gasteiger partial charge in [-0.25, -0.2) is 9.79 Å². The topological polar surface area (TPSA) is 68.1 Å². The van der Waals surface area contributed by atoms with E-state index in [4.69, 9.17) is 9.47 Å². The molecule has 1 aliphatic heterocycles. The molecule has 0 amide bonds. The van der Waals surface area contributed by atoms with E-state index < -0.39 is 5.97 Å². The van der Waals surface area contributed by atoms with Crippen molar-refractivity contribution in [2.75, 3.05) is 14.2 Å². The van der Waals surface area contributed by atoms with Crippen LogP contribution in [0.4, 0.5) is 5.69 Å². The predicted octanol–water partition coefficient (Wildman–Crippen LogP) is 4.50. The highest BCUT2D eigenvalue weighted by Gasteiger charge is 2.33. The third kappa shape index (κ3) is 3.65. The molecule has 0 atom stereocenters. The lowest BCUT2D eigenvalue weighted by Crippen LogP contribution is -2.10. The van der Waals surface area contributed by atoms with Crippen molar-refractivity contribution >= 4 is 34.5 Å². The van der Waals surface area contributed by atoms with Gasteiger partial charge >= 0.3 is 5.97 Å². The average molecular weight is 367 g/mol. The van der Waals surface area contributed by atoms with E-state index in [1.165, 1.54) is 18.9 Å². The molecule has 3 rings (SSSR count). The van der Waals surface area contributed by atoms with Crippen LogP contribution in [0.5, 0.6) is 5.75 Å². The van der Waals surface area contributed by atoms with E-state index in [-0.39, 0.29) is 11.3 Å². The number of nitrogens with zero attached hydrogens (tertiary/aromatic N) is 1. The highest BCUT2D eigenvalue weighted by atomic mass is 32.2. The maximum Gasteiger partial charge on any atom is 0.344 e. The lowest BCUT2D eigenvalue weighted by molar-refractivity contribution is -0.135. The zero-order valence-corrected chi connectivity index (χ0v) is 15.1. The maximum atomic E-state index is 12.2. The van der Waals surface area contributed by atoms with Gasteiger partial charge in [0.15, 0.2) is 0 Å². The third-order valence-electron chi connectivity index (χ3n) is 3.69. The molecule has 0 saturated carbocycles. The van der Waals surface area contributed by atoms with E-state index in [2.05, 4.69) is 4.99 Å². The van der Waals surface area contributed by atoms with E-state index >= 15 is 0 Å². The van der Waals surface area contributed by atoms with Crippen LogP contribution >= 0.6 is 11.8 Å². The zero-order chi connectivity index (χ0) is 18.5. The summed E-state index contributed by atoms with van der Waals surface area (Å²) in [4.78, 5) is 17.1. The van der Waals surface area contributed by atoms with Crippen LogP contribution in [0.2, 0.25) is 0 Å². The lowest BCUT2D eigenvalue weighted by atomic mass is 10.1. The summed E-state index contributed by atoms with van der Waals surface area (Å²) in [6.45, 7) is 0. The SMILES string of the molecule is COC(=O)C1=C(O)/C(=C\c2ccccc2OC)SC1=Nc1ccccc1. The van der Waals surface area contributed by atoms with Gasteiger partial charge in [-0.05, 0) is 24.3 Å². The molecule has 26 heavy (non-hydrogen) atoms. The second kappa shape index (κ2) is 7.93. The first-order chi connectivity index (χ1) is 12.6. The number of aliphatic hydroxyl groups is 1. The van der Waals surface area contributed by atoms with Crippen LogP contribution in [0.1, 0.15) is 5.56 Å². The Morgan fingerprint density at radius 3 is 2.46 bits per heavy atom. The molecule has 5 nitrogen and oxygen atoms in total. The van der Waals surface area contributed by atoms with Gasteiger partial charge in [-0.1, -0.05) is 48.2 Å². The van der Waals surface area contributed by atoms with Gasteiger partial charge in [0.25, 0.3) is 0 Å². The average Bonchev–Trinajstić information content (AvgIpc) is 2.97.